The second kappa shape index (κ2) is 13.2. The fourth-order valence-corrected chi connectivity index (χ4v) is 7.39. The molecule has 0 bridgehead atoms. The lowest BCUT2D eigenvalue weighted by atomic mass is 9.77. The Bertz CT molecular complexity index is 837. The lowest BCUT2D eigenvalue weighted by Gasteiger charge is -2.29. The zero-order valence-electron chi connectivity index (χ0n) is 21.2. The van der Waals surface area contributed by atoms with Crippen molar-refractivity contribution in [1.29, 1.82) is 0 Å². The third kappa shape index (κ3) is 7.65. The van der Waals surface area contributed by atoms with Gasteiger partial charge in [-0.25, -0.2) is 0 Å². The summed E-state index contributed by atoms with van der Waals surface area (Å²) in [5, 5.41) is 3.85. The highest BCUT2D eigenvalue weighted by atomic mass is 32.2. The summed E-state index contributed by atoms with van der Waals surface area (Å²) in [6.45, 7) is 9.02. The predicted octanol–water partition coefficient (Wildman–Crippen LogP) is 7.23. The van der Waals surface area contributed by atoms with Crippen molar-refractivity contribution in [3.05, 3.63) is 47.5 Å². The smallest absolute Gasteiger partial charge is 0.251 e. The summed E-state index contributed by atoms with van der Waals surface area (Å²) in [4.78, 5) is 24.5. The summed E-state index contributed by atoms with van der Waals surface area (Å²) in [6, 6.07) is 6.84. The minimum absolute atomic E-state index is 0.0145. The van der Waals surface area contributed by atoms with Gasteiger partial charge in [0.1, 0.15) is 0 Å². The monoisotopic (exact) mass is 501 g/mol. The maximum atomic E-state index is 12.8. The van der Waals surface area contributed by atoms with Crippen LogP contribution in [0.5, 0.6) is 0 Å². The van der Waals surface area contributed by atoms with Crippen molar-refractivity contribution >= 4 is 36.1 Å². The number of carbonyl (C=O) groups excluding carboxylic acids is 2. The molecule has 0 spiro atoms. The summed E-state index contributed by atoms with van der Waals surface area (Å²) in [5.74, 6) is 3.77. The molecule has 3 rings (SSSR count). The molecule has 2 saturated carbocycles. The molecule has 1 aromatic rings. The quantitative estimate of drug-likeness (QED) is 0.154. The van der Waals surface area contributed by atoms with E-state index in [9.17, 15) is 9.59 Å². The Labute approximate surface area is 216 Å². The summed E-state index contributed by atoms with van der Waals surface area (Å²) < 4.78 is 0. The Morgan fingerprint density at radius 2 is 1.76 bits per heavy atom. The van der Waals surface area contributed by atoms with Crippen LogP contribution in [0, 0.1) is 23.7 Å². The van der Waals surface area contributed by atoms with Crippen molar-refractivity contribution in [3.63, 3.8) is 0 Å². The number of amides is 1. The molecule has 188 valence electrons. The van der Waals surface area contributed by atoms with Gasteiger partial charge < -0.3 is 5.32 Å². The molecule has 0 saturated heterocycles. The third-order valence-electron chi connectivity index (χ3n) is 8.28. The first kappa shape index (κ1) is 27.4. The third-order valence-corrected chi connectivity index (χ3v) is 10.2. The maximum Gasteiger partial charge on any atom is 0.251 e. The van der Waals surface area contributed by atoms with E-state index >= 15 is 0 Å². The number of ketones is 1. The molecule has 4 unspecified atom stereocenters. The number of rotatable bonds is 10. The molecule has 2 aliphatic carbocycles. The second-order valence-corrected chi connectivity index (χ2v) is 12.7. The van der Waals surface area contributed by atoms with E-state index in [1.165, 1.54) is 57.8 Å². The topological polar surface area (TPSA) is 46.2 Å². The molecule has 1 N–H and O–H groups in total. The first-order valence-electron chi connectivity index (χ1n) is 13.1. The van der Waals surface area contributed by atoms with Gasteiger partial charge >= 0.3 is 0 Å². The number of carbonyl (C=O) groups is 2. The summed E-state index contributed by atoms with van der Waals surface area (Å²) in [7, 11) is 1.60. The number of thiol groups is 1. The van der Waals surface area contributed by atoms with E-state index in [-0.39, 0.29) is 11.7 Å². The van der Waals surface area contributed by atoms with E-state index in [2.05, 4.69) is 25.7 Å². The largest absolute Gasteiger partial charge is 0.355 e. The van der Waals surface area contributed by atoms with Gasteiger partial charge in [-0.3, -0.25) is 9.59 Å². The van der Waals surface area contributed by atoms with Crippen LogP contribution in [0.2, 0.25) is 0 Å². The van der Waals surface area contributed by atoms with E-state index in [0.717, 1.165) is 23.7 Å². The SMILES string of the molecule is C=C(CSC1CCC([C@H](C)[C@H](C)CC2CCCC(S)CC2)C1)C(=O)c1ccc(C(=O)NC)cc1. The lowest BCUT2D eigenvalue weighted by molar-refractivity contribution is 0.0961. The van der Waals surface area contributed by atoms with Crippen LogP contribution in [0.25, 0.3) is 0 Å². The Hall–Kier alpha value is -1.20. The van der Waals surface area contributed by atoms with E-state index in [1.54, 1.807) is 31.3 Å². The van der Waals surface area contributed by atoms with Gasteiger partial charge in [-0.15, -0.1) is 0 Å². The van der Waals surface area contributed by atoms with Gasteiger partial charge in [0, 0.05) is 40.0 Å². The zero-order valence-corrected chi connectivity index (χ0v) is 22.9. The van der Waals surface area contributed by atoms with Crippen LogP contribution < -0.4 is 5.32 Å². The lowest BCUT2D eigenvalue weighted by Crippen LogP contribution is -2.20. The number of thioether (sulfide) groups is 1. The van der Waals surface area contributed by atoms with Crippen LogP contribution in [0.3, 0.4) is 0 Å². The zero-order chi connectivity index (χ0) is 24.7. The Balaban J connectivity index is 1.42. The van der Waals surface area contributed by atoms with E-state index in [4.69, 9.17) is 12.6 Å². The Kier molecular flexibility index (Phi) is 10.6. The van der Waals surface area contributed by atoms with Gasteiger partial charge in [-0.1, -0.05) is 45.4 Å². The first-order chi connectivity index (χ1) is 16.3. The minimum Gasteiger partial charge on any atom is -0.355 e. The van der Waals surface area contributed by atoms with E-state index in [0.29, 0.717) is 33.0 Å². The number of Topliss-reactive ketones (excluding diaryl/α,β-unsaturated/α-hetero) is 1. The highest BCUT2D eigenvalue weighted by Crippen LogP contribution is 2.43. The van der Waals surface area contributed by atoms with Crippen LogP contribution in [-0.2, 0) is 0 Å². The van der Waals surface area contributed by atoms with Crippen LogP contribution >= 0.6 is 24.4 Å². The summed E-state index contributed by atoms with van der Waals surface area (Å²) >= 11 is 6.63. The normalized spacial score (nSPS) is 26.9. The Morgan fingerprint density at radius 1 is 1.06 bits per heavy atom. The Morgan fingerprint density at radius 3 is 2.47 bits per heavy atom. The predicted molar refractivity (Wildman–Crippen MR) is 149 cm³/mol. The molecule has 34 heavy (non-hydrogen) atoms. The van der Waals surface area contributed by atoms with Crippen molar-refractivity contribution in [3.8, 4) is 0 Å². The fourth-order valence-electron chi connectivity index (χ4n) is 5.81. The van der Waals surface area contributed by atoms with Crippen LogP contribution in [-0.4, -0.2) is 35.0 Å². The second-order valence-electron chi connectivity index (χ2n) is 10.7. The molecular weight excluding hydrogens is 458 g/mol. The molecule has 6 atom stereocenters. The molecular formula is C29H43NO2S2. The van der Waals surface area contributed by atoms with E-state index < -0.39 is 0 Å². The fraction of sp³-hybridized carbons (Fsp3) is 0.655. The van der Waals surface area contributed by atoms with Gasteiger partial charge in [0.25, 0.3) is 5.91 Å². The number of hydrogen-bond acceptors (Lipinski definition) is 4. The molecule has 3 nitrogen and oxygen atoms in total. The highest BCUT2D eigenvalue weighted by Gasteiger charge is 2.32. The van der Waals surface area contributed by atoms with Crippen LogP contribution in [0.15, 0.2) is 36.4 Å². The van der Waals surface area contributed by atoms with Crippen molar-refractivity contribution in [1.82, 2.24) is 5.32 Å². The van der Waals surface area contributed by atoms with Gasteiger partial charge in [0.15, 0.2) is 5.78 Å². The van der Waals surface area contributed by atoms with Gasteiger partial charge in [-0.2, -0.15) is 24.4 Å². The maximum absolute atomic E-state index is 12.8. The van der Waals surface area contributed by atoms with Crippen molar-refractivity contribution in [2.75, 3.05) is 12.8 Å². The number of hydrogen-bond donors (Lipinski definition) is 2. The van der Waals surface area contributed by atoms with Crippen molar-refractivity contribution in [2.45, 2.75) is 82.1 Å². The molecule has 0 radical (unpaired) electrons. The van der Waals surface area contributed by atoms with Gasteiger partial charge in [0.05, 0.1) is 0 Å². The van der Waals surface area contributed by atoms with Crippen molar-refractivity contribution in [2.24, 2.45) is 23.7 Å². The number of nitrogens with one attached hydrogen (secondary N) is 1. The molecule has 2 aliphatic rings. The molecule has 0 aliphatic heterocycles. The van der Waals surface area contributed by atoms with Gasteiger partial charge in [0.2, 0.25) is 0 Å². The molecule has 1 amide bonds. The molecule has 5 heteroatoms. The standard InChI is InChI=1S/C29H43NO2S2/c1-19(16-22-6-5-7-26(33)14-8-22)21(3)25-13-15-27(17-25)34-18-20(2)28(31)23-9-11-24(12-10-23)29(32)30-4/h9-12,19,21-22,25-27,33H,2,5-8,13-18H2,1,3-4H3,(H,30,32)/t19-,21-,22?,25?,26?,27?/m1/s1. The first-order valence-corrected chi connectivity index (χ1v) is 14.7. The summed E-state index contributed by atoms with van der Waals surface area (Å²) in [5.41, 5.74) is 1.82. The summed E-state index contributed by atoms with van der Waals surface area (Å²) in [6.07, 6.45) is 11.9. The number of benzene rings is 1. The van der Waals surface area contributed by atoms with Crippen LogP contribution in [0.1, 0.15) is 92.4 Å². The van der Waals surface area contributed by atoms with E-state index in [1.807, 2.05) is 11.8 Å². The molecule has 0 heterocycles. The highest BCUT2D eigenvalue weighted by molar-refractivity contribution is 8.00. The average Bonchev–Trinajstić information content (AvgIpc) is 3.23. The minimum atomic E-state index is -0.145. The van der Waals surface area contributed by atoms with Gasteiger partial charge in [-0.05, 0) is 80.8 Å². The van der Waals surface area contributed by atoms with Crippen molar-refractivity contribution < 1.29 is 9.59 Å². The molecule has 1 aromatic carbocycles. The molecule has 0 aromatic heterocycles. The molecule has 2 fully saturated rings. The average molecular weight is 502 g/mol. The van der Waals surface area contributed by atoms with Crippen LogP contribution in [0.4, 0.5) is 0 Å².